The summed E-state index contributed by atoms with van der Waals surface area (Å²) in [6, 6.07) is 0. The molecule has 2 saturated heterocycles. The number of carbonyl (C=O) groups excluding carboxylic acids is 1. The monoisotopic (exact) mass is 293 g/mol. The molecule has 2 fully saturated rings. The average molecular weight is 293 g/mol. The Bertz CT molecular complexity index is 409. The van der Waals surface area contributed by atoms with Gasteiger partial charge in [0.2, 0.25) is 0 Å². The van der Waals surface area contributed by atoms with Gasteiger partial charge >= 0.3 is 0 Å². The molecule has 2 aliphatic rings. The van der Waals surface area contributed by atoms with Crippen LogP contribution in [0.4, 0.5) is 0 Å². The van der Waals surface area contributed by atoms with E-state index in [1.165, 1.54) is 6.26 Å². The number of ether oxygens (including phenoxy) is 1. The predicted octanol–water partition coefficient (Wildman–Crippen LogP) is 0.0115. The van der Waals surface area contributed by atoms with Crippen LogP contribution in [-0.2, 0) is 19.4 Å². The van der Waals surface area contributed by atoms with Crippen molar-refractivity contribution in [2.24, 2.45) is 5.92 Å². The van der Waals surface area contributed by atoms with Gasteiger partial charge in [-0.2, -0.15) is 11.8 Å². The van der Waals surface area contributed by atoms with Crippen LogP contribution in [0.3, 0.4) is 0 Å². The topological polar surface area (TPSA) is 63.7 Å². The fraction of sp³-hybridized carbons (Fsp3) is 0.909. The third-order valence-electron chi connectivity index (χ3n) is 3.41. The molecule has 0 radical (unpaired) electrons. The summed E-state index contributed by atoms with van der Waals surface area (Å²) in [5, 5.41) is -0.453. The SMILES string of the molecule is CS(=O)(=O)C1CSCCN1CC1COCCC1=O. The molecule has 0 aromatic carbocycles. The maximum Gasteiger partial charge on any atom is 0.164 e. The summed E-state index contributed by atoms with van der Waals surface area (Å²) < 4.78 is 28.8. The zero-order chi connectivity index (χ0) is 13.2. The molecular weight excluding hydrogens is 274 g/mol. The number of hydrogen-bond acceptors (Lipinski definition) is 6. The maximum atomic E-state index is 11.8. The van der Waals surface area contributed by atoms with E-state index >= 15 is 0 Å². The Hall–Kier alpha value is -0.110. The molecule has 0 amide bonds. The summed E-state index contributed by atoms with van der Waals surface area (Å²) >= 11 is 1.66. The van der Waals surface area contributed by atoms with Crippen LogP contribution < -0.4 is 0 Å². The Labute approximate surface area is 112 Å². The Balaban J connectivity index is 2.03. The lowest BCUT2D eigenvalue weighted by atomic mass is 10.00. The molecule has 0 aliphatic carbocycles. The number of ketones is 1. The van der Waals surface area contributed by atoms with E-state index in [4.69, 9.17) is 4.74 Å². The van der Waals surface area contributed by atoms with Crippen LogP contribution in [0.1, 0.15) is 6.42 Å². The van der Waals surface area contributed by atoms with Gasteiger partial charge in [-0.05, 0) is 0 Å². The summed E-state index contributed by atoms with van der Waals surface area (Å²) in [5.41, 5.74) is 0. The highest BCUT2D eigenvalue weighted by Crippen LogP contribution is 2.22. The molecule has 2 atom stereocenters. The van der Waals surface area contributed by atoms with Crippen molar-refractivity contribution in [3.8, 4) is 0 Å². The largest absolute Gasteiger partial charge is 0.380 e. The van der Waals surface area contributed by atoms with Crippen molar-refractivity contribution in [1.82, 2.24) is 4.90 Å². The van der Waals surface area contributed by atoms with Crippen molar-refractivity contribution < 1.29 is 17.9 Å². The minimum absolute atomic E-state index is 0.161. The number of thioether (sulfide) groups is 1. The first-order valence-corrected chi connectivity index (χ1v) is 9.20. The second-order valence-electron chi connectivity index (χ2n) is 4.84. The number of carbonyl (C=O) groups is 1. The highest BCUT2D eigenvalue weighted by Gasteiger charge is 2.34. The molecule has 0 aromatic heterocycles. The lowest BCUT2D eigenvalue weighted by molar-refractivity contribution is -0.131. The third-order valence-corrected chi connectivity index (χ3v) is 6.09. The van der Waals surface area contributed by atoms with Crippen molar-refractivity contribution in [2.45, 2.75) is 11.8 Å². The van der Waals surface area contributed by atoms with Gasteiger partial charge in [-0.15, -0.1) is 0 Å². The molecule has 0 spiro atoms. The van der Waals surface area contributed by atoms with Crippen LogP contribution in [0, 0.1) is 5.92 Å². The zero-order valence-corrected chi connectivity index (χ0v) is 12.1. The fourth-order valence-electron chi connectivity index (χ4n) is 2.35. The lowest BCUT2D eigenvalue weighted by Gasteiger charge is -2.36. The van der Waals surface area contributed by atoms with Crippen molar-refractivity contribution in [3.05, 3.63) is 0 Å². The van der Waals surface area contributed by atoms with Crippen LogP contribution in [-0.4, -0.2) is 68.5 Å². The molecule has 2 unspecified atom stereocenters. The lowest BCUT2D eigenvalue weighted by Crippen LogP contribution is -2.50. The molecule has 2 rings (SSSR count). The number of nitrogens with zero attached hydrogens (tertiary/aromatic N) is 1. The van der Waals surface area contributed by atoms with Crippen molar-refractivity contribution in [1.29, 1.82) is 0 Å². The molecule has 0 saturated carbocycles. The normalized spacial score (nSPS) is 31.5. The third kappa shape index (κ3) is 3.46. The second-order valence-corrected chi connectivity index (χ2v) is 8.20. The van der Waals surface area contributed by atoms with Gasteiger partial charge in [-0.3, -0.25) is 9.69 Å². The number of sulfone groups is 1. The summed E-state index contributed by atoms with van der Waals surface area (Å²) in [6.07, 6.45) is 1.73. The molecule has 18 heavy (non-hydrogen) atoms. The Morgan fingerprint density at radius 3 is 2.94 bits per heavy atom. The molecular formula is C11H19NO4S2. The van der Waals surface area contributed by atoms with Crippen LogP contribution in [0.25, 0.3) is 0 Å². The fourth-order valence-corrected chi connectivity index (χ4v) is 5.30. The van der Waals surface area contributed by atoms with E-state index in [2.05, 4.69) is 0 Å². The summed E-state index contributed by atoms with van der Waals surface area (Å²) in [4.78, 5) is 13.7. The Kier molecular flexibility index (Phi) is 4.69. The van der Waals surface area contributed by atoms with Crippen LogP contribution >= 0.6 is 11.8 Å². The highest BCUT2D eigenvalue weighted by molar-refractivity contribution is 8.00. The van der Waals surface area contributed by atoms with Gasteiger partial charge < -0.3 is 4.74 Å². The first kappa shape index (κ1) is 14.3. The van der Waals surface area contributed by atoms with E-state index in [-0.39, 0.29) is 11.7 Å². The Morgan fingerprint density at radius 2 is 2.28 bits per heavy atom. The first-order chi connectivity index (χ1) is 8.48. The quantitative estimate of drug-likeness (QED) is 0.730. The molecule has 0 N–H and O–H groups in total. The minimum atomic E-state index is -3.09. The molecule has 0 aromatic rings. The Morgan fingerprint density at radius 1 is 1.50 bits per heavy atom. The van der Waals surface area contributed by atoms with E-state index in [0.717, 1.165) is 12.3 Å². The van der Waals surface area contributed by atoms with E-state index in [9.17, 15) is 13.2 Å². The molecule has 2 aliphatic heterocycles. The molecule has 5 nitrogen and oxygen atoms in total. The smallest absolute Gasteiger partial charge is 0.164 e. The van der Waals surface area contributed by atoms with Crippen LogP contribution in [0.15, 0.2) is 0 Å². The van der Waals surface area contributed by atoms with Gasteiger partial charge in [-0.25, -0.2) is 8.42 Å². The van der Waals surface area contributed by atoms with Gasteiger partial charge in [0.1, 0.15) is 11.2 Å². The number of Topliss-reactive ketones (excluding diaryl/α,β-unsaturated/α-hetero) is 1. The maximum absolute atomic E-state index is 11.8. The van der Waals surface area contributed by atoms with Crippen LogP contribution in [0.5, 0.6) is 0 Å². The van der Waals surface area contributed by atoms with Crippen molar-refractivity contribution in [3.63, 3.8) is 0 Å². The number of hydrogen-bond donors (Lipinski definition) is 0. The van der Waals surface area contributed by atoms with Crippen LogP contribution in [0.2, 0.25) is 0 Å². The van der Waals surface area contributed by atoms with E-state index in [0.29, 0.717) is 31.9 Å². The molecule has 0 bridgehead atoms. The van der Waals surface area contributed by atoms with Gasteiger partial charge in [0.15, 0.2) is 9.84 Å². The van der Waals surface area contributed by atoms with E-state index in [1.807, 2.05) is 4.90 Å². The van der Waals surface area contributed by atoms with Crippen molar-refractivity contribution >= 4 is 27.4 Å². The van der Waals surface area contributed by atoms with Gasteiger partial charge in [0.25, 0.3) is 0 Å². The van der Waals surface area contributed by atoms with Gasteiger partial charge in [-0.1, -0.05) is 0 Å². The summed E-state index contributed by atoms with van der Waals surface area (Å²) in [7, 11) is -3.09. The molecule has 2 heterocycles. The second kappa shape index (κ2) is 5.90. The zero-order valence-electron chi connectivity index (χ0n) is 10.5. The average Bonchev–Trinajstić information content (AvgIpc) is 2.31. The van der Waals surface area contributed by atoms with Gasteiger partial charge in [0.05, 0.1) is 19.1 Å². The van der Waals surface area contributed by atoms with Crippen molar-refractivity contribution in [2.75, 3.05) is 44.1 Å². The predicted molar refractivity (Wildman–Crippen MR) is 71.5 cm³/mol. The first-order valence-electron chi connectivity index (χ1n) is 6.09. The standard InChI is InChI=1S/C11H19NO4S2/c1-18(14,15)11-8-17-5-3-12(11)6-9-7-16-4-2-10(9)13/h9,11H,2-8H2,1H3. The summed E-state index contributed by atoms with van der Waals surface area (Å²) in [5.74, 6) is 1.56. The highest BCUT2D eigenvalue weighted by atomic mass is 32.2. The van der Waals surface area contributed by atoms with Gasteiger partial charge in [0, 0.05) is 37.3 Å². The van der Waals surface area contributed by atoms with E-state index in [1.54, 1.807) is 11.8 Å². The molecule has 7 heteroatoms. The van der Waals surface area contributed by atoms with E-state index < -0.39 is 15.2 Å². The summed E-state index contributed by atoms with van der Waals surface area (Å²) in [6.45, 7) is 2.17. The minimum Gasteiger partial charge on any atom is -0.380 e. The molecule has 104 valence electrons. The number of rotatable bonds is 3.